The molecule has 0 fully saturated rings. The molecule has 0 amide bonds. The lowest BCUT2D eigenvalue weighted by molar-refractivity contribution is 0.234. The Morgan fingerprint density at radius 2 is 2.11 bits per heavy atom. The number of rotatable bonds is 4. The van der Waals surface area contributed by atoms with Gasteiger partial charge in [0.05, 0.1) is 5.69 Å². The highest BCUT2D eigenvalue weighted by Gasteiger charge is 2.37. The van der Waals surface area contributed by atoms with Gasteiger partial charge in [-0.3, -0.25) is 4.31 Å². The highest BCUT2D eigenvalue weighted by molar-refractivity contribution is 7.93. The molecule has 7 heteroatoms. The third-order valence-electron chi connectivity index (χ3n) is 3.18. The van der Waals surface area contributed by atoms with E-state index in [-0.39, 0.29) is 12.6 Å². The summed E-state index contributed by atoms with van der Waals surface area (Å²) in [5.74, 6) is -3.39. The van der Waals surface area contributed by atoms with E-state index in [1.165, 1.54) is 0 Å². The van der Waals surface area contributed by atoms with E-state index >= 15 is 0 Å². The fourth-order valence-corrected chi connectivity index (χ4v) is 3.34. The fourth-order valence-electron chi connectivity index (χ4n) is 2.35. The first-order chi connectivity index (χ1) is 8.98. The summed E-state index contributed by atoms with van der Waals surface area (Å²) in [6.45, 7) is 2.76. The van der Waals surface area contributed by atoms with Gasteiger partial charge in [0, 0.05) is 12.6 Å². The van der Waals surface area contributed by atoms with Crippen LogP contribution in [-0.4, -0.2) is 27.3 Å². The minimum atomic E-state index is -4.58. The monoisotopic (exact) mass is 290 g/mol. The Kier molecular flexibility index (Phi) is 4.05. The predicted molar refractivity (Wildman–Crippen MR) is 69.7 cm³/mol. The zero-order chi connectivity index (χ0) is 14.0. The zero-order valence-electron chi connectivity index (χ0n) is 10.5. The molecule has 2 rings (SSSR count). The summed E-state index contributed by atoms with van der Waals surface area (Å²) in [6, 6.07) is 6.78. The van der Waals surface area contributed by atoms with Crippen LogP contribution in [-0.2, 0) is 10.0 Å². The summed E-state index contributed by atoms with van der Waals surface area (Å²) in [5.41, 5.74) is 1.10. The molecule has 1 heterocycles. The first-order valence-electron chi connectivity index (χ1n) is 6.10. The van der Waals surface area contributed by atoms with Gasteiger partial charge in [0.25, 0.3) is 10.0 Å². The second-order valence-electron chi connectivity index (χ2n) is 4.34. The quantitative estimate of drug-likeness (QED) is 0.924. The Bertz CT molecular complexity index is 548. The van der Waals surface area contributed by atoms with Gasteiger partial charge in [0.2, 0.25) is 0 Å². The minimum Gasteiger partial charge on any atom is -0.310 e. The molecule has 0 saturated heterocycles. The Morgan fingerprint density at radius 3 is 2.74 bits per heavy atom. The van der Waals surface area contributed by atoms with E-state index in [1.807, 2.05) is 6.92 Å². The molecule has 0 radical (unpaired) electrons. The van der Waals surface area contributed by atoms with Crippen molar-refractivity contribution >= 4 is 15.7 Å². The molecule has 0 bridgehead atoms. The van der Waals surface area contributed by atoms with Gasteiger partial charge in [-0.05, 0) is 24.6 Å². The third kappa shape index (κ3) is 2.57. The number of para-hydroxylation sites is 1. The average Bonchev–Trinajstić information content (AvgIpc) is 2.39. The first-order valence-corrected chi connectivity index (χ1v) is 7.60. The summed E-state index contributed by atoms with van der Waals surface area (Å²) in [4.78, 5) is 0. The van der Waals surface area contributed by atoms with Crippen molar-refractivity contribution in [2.75, 3.05) is 17.4 Å². The number of nitrogens with one attached hydrogen (secondary N) is 1. The van der Waals surface area contributed by atoms with E-state index in [0.717, 1.165) is 16.4 Å². The number of nitrogens with zero attached hydrogens (tertiary/aromatic N) is 1. The van der Waals surface area contributed by atoms with Crippen LogP contribution in [0.2, 0.25) is 0 Å². The second-order valence-corrected chi connectivity index (χ2v) is 6.16. The molecule has 19 heavy (non-hydrogen) atoms. The van der Waals surface area contributed by atoms with Crippen LogP contribution in [0.3, 0.4) is 0 Å². The summed E-state index contributed by atoms with van der Waals surface area (Å²) < 4.78 is 49.5. The molecule has 1 N–H and O–H groups in total. The molecule has 4 nitrogen and oxygen atoms in total. The van der Waals surface area contributed by atoms with Crippen LogP contribution in [0.25, 0.3) is 0 Å². The maximum atomic E-state index is 12.7. The van der Waals surface area contributed by atoms with Crippen molar-refractivity contribution in [3.8, 4) is 0 Å². The van der Waals surface area contributed by atoms with Crippen molar-refractivity contribution in [3.63, 3.8) is 0 Å². The minimum absolute atomic E-state index is 0.00493. The van der Waals surface area contributed by atoms with Gasteiger partial charge in [-0.1, -0.05) is 25.1 Å². The van der Waals surface area contributed by atoms with Crippen molar-refractivity contribution in [3.05, 3.63) is 29.8 Å². The molecule has 1 aliphatic heterocycles. The Balaban J connectivity index is 2.44. The van der Waals surface area contributed by atoms with Gasteiger partial charge in [-0.2, -0.15) is 8.78 Å². The van der Waals surface area contributed by atoms with Crippen molar-refractivity contribution < 1.29 is 17.2 Å². The molecule has 0 aliphatic carbocycles. The van der Waals surface area contributed by atoms with E-state index in [0.29, 0.717) is 12.1 Å². The largest absolute Gasteiger partial charge is 0.355 e. The lowest BCUT2D eigenvalue weighted by atomic mass is 9.98. The van der Waals surface area contributed by atoms with Gasteiger partial charge in [0.15, 0.2) is 0 Å². The molecule has 1 atom stereocenters. The Labute approximate surface area is 111 Å². The molecular formula is C12H16F2N2O2S. The molecule has 0 spiro atoms. The predicted octanol–water partition coefficient (Wildman–Crippen LogP) is 2.10. The fraction of sp³-hybridized carbons (Fsp3) is 0.500. The number of benzene rings is 1. The van der Waals surface area contributed by atoms with Gasteiger partial charge in [-0.15, -0.1) is 0 Å². The normalized spacial score (nSPS) is 19.6. The maximum Gasteiger partial charge on any atom is 0.355 e. The van der Waals surface area contributed by atoms with Crippen molar-refractivity contribution in [1.29, 1.82) is 0 Å². The molecule has 1 unspecified atom stereocenters. The first kappa shape index (κ1) is 14.2. The summed E-state index contributed by atoms with van der Waals surface area (Å²) >= 11 is 0. The highest BCUT2D eigenvalue weighted by atomic mass is 32.2. The van der Waals surface area contributed by atoms with E-state index < -0.39 is 15.8 Å². The van der Waals surface area contributed by atoms with E-state index in [4.69, 9.17) is 0 Å². The smallest absolute Gasteiger partial charge is 0.310 e. The summed E-state index contributed by atoms with van der Waals surface area (Å²) in [5, 5.41) is 3.23. The Morgan fingerprint density at radius 1 is 1.42 bits per heavy atom. The van der Waals surface area contributed by atoms with Crippen molar-refractivity contribution in [1.82, 2.24) is 5.32 Å². The van der Waals surface area contributed by atoms with E-state index in [2.05, 4.69) is 5.32 Å². The molecule has 106 valence electrons. The van der Waals surface area contributed by atoms with E-state index in [1.54, 1.807) is 24.3 Å². The highest BCUT2D eigenvalue weighted by Crippen LogP contribution is 2.36. The number of fused-ring (bicyclic) bond motifs is 1. The van der Waals surface area contributed by atoms with Crippen LogP contribution in [0, 0.1) is 0 Å². The number of alkyl halides is 2. The van der Waals surface area contributed by atoms with Crippen molar-refractivity contribution in [2.24, 2.45) is 0 Å². The van der Waals surface area contributed by atoms with Crippen LogP contribution in [0.15, 0.2) is 24.3 Å². The topological polar surface area (TPSA) is 49.4 Å². The number of anilines is 1. The van der Waals surface area contributed by atoms with E-state index in [9.17, 15) is 17.2 Å². The van der Waals surface area contributed by atoms with Gasteiger partial charge in [0.1, 0.15) is 0 Å². The van der Waals surface area contributed by atoms with Gasteiger partial charge >= 0.3 is 5.76 Å². The van der Waals surface area contributed by atoms with Crippen LogP contribution >= 0.6 is 0 Å². The maximum absolute atomic E-state index is 12.7. The van der Waals surface area contributed by atoms with Crippen LogP contribution in [0.5, 0.6) is 0 Å². The van der Waals surface area contributed by atoms with Crippen molar-refractivity contribution in [2.45, 2.75) is 25.1 Å². The molecule has 1 aliphatic rings. The van der Waals surface area contributed by atoms with Gasteiger partial charge in [-0.25, -0.2) is 8.42 Å². The zero-order valence-corrected chi connectivity index (χ0v) is 11.3. The van der Waals surface area contributed by atoms with Crippen LogP contribution in [0.4, 0.5) is 14.5 Å². The number of hydrogen-bond donors (Lipinski definition) is 1. The standard InChI is InChI=1S/C12H16F2N2O2S/c1-2-15-10-7-8-16(19(17,18)12(13)14)11-6-4-3-5-9(10)11/h3-6,10,12,15H,2,7-8H2,1H3. The van der Waals surface area contributed by atoms with Gasteiger partial charge < -0.3 is 5.32 Å². The lowest BCUT2D eigenvalue weighted by Crippen LogP contribution is -2.42. The lowest BCUT2D eigenvalue weighted by Gasteiger charge is -2.34. The molecule has 0 aromatic heterocycles. The average molecular weight is 290 g/mol. The summed E-state index contributed by atoms with van der Waals surface area (Å²) in [6.07, 6.45) is 0.483. The molecule has 1 aromatic rings. The SMILES string of the molecule is CCNC1CCN(S(=O)(=O)C(F)F)c2ccccc21. The number of halogens is 2. The van der Waals surface area contributed by atoms with Crippen LogP contribution < -0.4 is 9.62 Å². The number of sulfonamides is 1. The molecule has 0 saturated carbocycles. The third-order valence-corrected chi connectivity index (χ3v) is 4.63. The Hall–Kier alpha value is -1.21. The molecular weight excluding hydrogens is 274 g/mol. The second kappa shape index (κ2) is 5.42. The summed E-state index contributed by atoms with van der Waals surface area (Å²) in [7, 11) is -4.58. The molecule has 1 aromatic carbocycles. The number of hydrogen-bond acceptors (Lipinski definition) is 3. The van der Waals surface area contributed by atoms with Crippen LogP contribution in [0.1, 0.15) is 24.9 Å².